The van der Waals surface area contributed by atoms with Crippen molar-refractivity contribution < 1.29 is 14.7 Å². The van der Waals surface area contributed by atoms with Crippen molar-refractivity contribution in [3.05, 3.63) is 0 Å². The Balaban J connectivity index is 2.50. The molecule has 0 atom stereocenters. The summed E-state index contributed by atoms with van der Waals surface area (Å²) in [6.07, 6.45) is 0. The molecule has 0 spiro atoms. The number of hydrogen-bond acceptors (Lipinski definition) is 5. The first-order chi connectivity index (χ1) is 6.29. The van der Waals surface area contributed by atoms with Crippen LogP contribution in [-0.4, -0.2) is 53.6 Å². The van der Waals surface area contributed by atoms with E-state index < -0.39 is 0 Å². The summed E-state index contributed by atoms with van der Waals surface area (Å²) >= 11 is 1.28. The molecule has 13 heavy (non-hydrogen) atoms. The second-order valence-electron chi connectivity index (χ2n) is 2.54. The lowest BCUT2D eigenvalue weighted by atomic mass is 10.4. The Hall–Kier alpha value is -0.750. The second kappa shape index (κ2) is 5.08. The summed E-state index contributed by atoms with van der Waals surface area (Å²) in [5.41, 5.74) is 0. The topological polar surface area (TPSA) is 62.1 Å². The average molecular weight is 204 g/mol. The van der Waals surface area contributed by atoms with Gasteiger partial charge < -0.3 is 14.8 Å². The maximum absolute atomic E-state index is 11.4. The third-order valence-corrected chi connectivity index (χ3v) is 2.64. The van der Waals surface area contributed by atoms with Gasteiger partial charge in [-0.2, -0.15) is 0 Å². The number of nitrogens with zero attached hydrogens (tertiary/aromatic N) is 2. The molecule has 0 radical (unpaired) electrons. The fourth-order valence-electron chi connectivity index (χ4n) is 1.04. The van der Waals surface area contributed by atoms with Crippen molar-refractivity contribution in [3.63, 3.8) is 0 Å². The summed E-state index contributed by atoms with van der Waals surface area (Å²) in [5.74, 6) is 0.560. The number of hydrogen-bond donors (Lipinski definition) is 1. The molecule has 5 nitrogen and oxygen atoms in total. The number of amides is 1. The Morgan fingerprint density at radius 2 is 2.54 bits per heavy atom. The van der Waals surface area contributed by atoms with Crippen LogP contribution in [0.5, 0.6) is 0 Å². The standard InChI is InChI=1S/C7H12N2O3S/c1-12-4-2-9-3-5-13-6(8-11)7(9)10/h11H,2-5H2,1H3. The minimum atomic E-state index is -0.212. The van der Waals surface area contributed by atoms with Crippen LogP contribution in [0, 0.1) is 0 Å². The smallest absolute Gasteiger partial charge is 0.282 e. The highest BCUT2D eigenvalue weighted by Gasteiger charge is 2.25. The molecule has 0 saturated carbocycles. The van der Waals surface area contributed by atoms with E-state index in [-0.39, 0.29) is 11.0 Å². The van der Waals surface area contributed by atoms with Crippen LogP contribution in [0.2, 0.25) is 0 Å². The second-order valence-corrected chi connectivity index (χ2v) is 3.62. The number of carbonyl (C=O) groups is 1. The molecule has 1 aliphatic heterocycles. The quantitative estimate of drug-likeness (QED) is 0.519. The third kappa shape index (κ3) is 2.60. The van der Waals surface area contributed by atoms with Gasteiger partial charge in [0.1, 0.15) is 0 Å². The van der Waals surface area contributed by atoms with Crippen LogP contribution in [0.3, 0.4) is 0 Å². The Morgan fingerprint density at radius 1 is 1.77 bits per heavy atom. The van der Waals surface area contributed by atoms with Crippen molar-refractivity contribution in [2.75, 3.05) is 32.6 Å². The summed E-state index contributed by atoms with van der Waals surface area (Å²) in [7, 11) is 1.59. The van der Waals surface area contributed by atoms with Crippen LogP contribution in [0.4, 0.5) is 0 Å². The van der Waals surface area contributed by atoms with E-state index in [1.807, 2.05) is 0 Å². The van der Waals surface area contributed by atoms with Gasteiger partial charge in [0.2, 0.25) is 5.04 Å². The fraction of sp³-hybridized carbons (Fsp3) is 0.714. The molecule has 1 aliphatic rings. The van der Waals surface area contributed by atoms with Crippen LogP contribution in [0.25, 0.3) is 0 Å². The van der Waals surface area contributed by atoms with Gasteiger partial charge in [0.15, 0.2) is 0 Å². The van der Waals surface area contributed by atoms with Gasteiger partial charge in [0, 0.05) is 26.0 Å². The number of rotatable bonds is 3. The Bertz CT molecular complexity index is 220. The van der Waals surface area contributed by atoms with Crippen molar-refractivity contribution in [1.82, 2.24) is 4.90 Å². The van der Waals surface area contributed by atoms with Crippen molar-refractivity contribution in [2.45, 2.75) is 0 Å². The van der Waals surface area contributed by atoms with E-state index in [0.29, 0.717) is 19.7 Å². The zero-order valence-corrected chi connectivity index (χ0v) is 8.21. The highest BCUT2D eigenvalue weighted by Crippen LogP contribution is 2.13. The van der Waals surface area contributed by atoms with Gasteiger partial charge in [-0.15, -0.1) is 0 Å². The first kappa shape index (κ1) is 10.3. The van der Waals surface area contributed by atoms with Gasteiger partial charge in [0.25, 0.3) is 5.91 Å². The zero-order valence-electron chi connectivity index (χ0n) is 7.39. The summed E-state index contributed by atoms with van der Waals surface area (Å²) in [6, 6.07) is 0. The molecule has 0 aliphatic carbocycles. The molecule has 0 aromatic rings. The number of methoxy groups -OCH3 is 1. The molecule has 0 bridgehead atoms. The maximum Gasteiger partial charge on any atom is 0.282 e. The van der Waals surface area contributed by atoms with E-state index in [0.717, 1.165) is 5.75 Å². The molecule has 1 rings (SSSR count). The molecular formula is C7H12N2O3S. The number of carbonyl (C=O) groups excluding carboxylic acids is 1. The van der Waals surface area contributed by atoms with Crippen LogP contribution in [0.15, 0.2) is 5.16 Å². The van der Waals surface area contributed by atoms with E-state index in [4.69, 9.17) is 9.94 Å². The van der Waals surface area contributed by atoms with Gasteiger partial charge in [-0.25, -0.2) is 0 Å². The van der Waals surface area contributed by atoms with Gasteiger partial charge in [0.05, 0.1) is 6.61 Å². The first-order valence-corrected chi connectivity index (χ1v) is 4.91. The summed E-state index contributed by atoms with van der Waals surface area (Å²) < 4.78 is 4.86. The SMILES string of the molecule is COCCN1CCSC(=NO)C1=O. The van der Waals surface area contributed by atoms with Gasteiger partial charge in [-0.1, -0.05) is 16.9 Å². The fourth-order valence-corrected chi connectivity index (χ4v) is 1.85. The predicted octanol–water partition coefficient (Wildman–Crippen LogP) is -0.00410. The minimum Gasteiger partial charge on any atom is -0.410 e. The van der Waals surface area contributed by atoms with Crippen molar-refractivity contribution >= 4 is 22.7 Å². The zero-order chi connectivity index (χ0) is 9.68. The maximum atomic E-state index is 11.4. The first-order valence-electron chi connectivity index (χ1n) is 3.92. The van der Waals surface area contributed by atoms with Crippen LogP contribution < -0.4 is 0 Å². The van der Waals surface area contributed by atoms with E-state index >= 15 is 0 Å². The lowest BCUT2D eigenvalue weighted by Gasteiger charge is -2.25. The van der Waals surface area contributed by atoms with E-state index in [1.54, 1.807) is 12.0 Å². The Kier molecular flexibility index (Phi) is 4.04. The average Bonchev–Trinajstić information content (AvgIpc) is 2.16. The molecule has 1 heterocycles. The van der Waals surface area contributed by atoms with Gasteiger partial charge in [-0.3, -0.25) is 4.79 Å². The highest BCUT2D eigenvalue weighted by molar-refractivity contribution is 8.15. The Labute approximate surface area is 80.7 Å². The van der Waals surface area contributed by atoms with E-state index in [1.165, 1.54) is 11.8 Å². The molecule has 1 amide bonds. The van der Waals surface area contributed by atoms with Crippen LogP contribution >= 0.6 is 11.8 Å². The predicted molar refractivity (Wildman–Crippen MR) is 50.1 cm³/mol. The van der Waals surface area contributed by atoms with Gasteiger partial charge >= 0.3 is 0 Å². The van der Waals surface area contributed by atoms with Crippen LogP contribution in [-0.2, 0) is 9.53 Å². The molecule has 74 valence electrons. The monoisotopic (exact) mass is 204 g/mol. The van der Waals surface area contributed by atoms with E-state index in [2.05, 4.69) is 5.16 Å². The lowest BCUT2D eigenvalue weighted by Crippen LogP contribution is -2.42. The van der Waals surface area contributed by atoms with E-state index in [9.17, 15) is 4.79 Å². The molecule has 1 saturated heterocycles. The molecule has 1 fully saturated rings. The van der Waals surface area contributed by atoms with Crippen molar-refractivity contribution in [1.29, 1.82) is 0 Å². The molecular weight excluding hydrogens is 192 g/mol. The molecule has 6 heteroatoms. The highest BCUT2D eigenvalue weighted by atomic mass is 32.2. The summed E-state index contributed by atoms with van der Waals surface area (Å²) in [4.78, 5) is 13.0. The normalized spacial score (nSPS) is 21.2. The number of ether oxygens (including phenoxy) is 1. The third-order valence-electron chi connectivity index (χ3n) is 1.73. The van der Waals surface area contributed by atoms with Crippen molar-refractivity contribution in [2.24, 2.45) is 5.16 Å². The number of oxime groups is 1. The summed E-state index contributed by atoms with van der Waals surface area (Å²) in [6.45, 7) is 1.75. The molecule has 0 aromatic heterocycles. The molecule has 1 N–H and O–H groups in total. The summed E-state index contributed by atoms with van der Waals surface area (Å²) in [5, 5.41) is 11.6. The molecule has 0 unspecified atom stereocenters. The van der Waals surface area contributed by atoms with Gasteiger partial charge in [-0.05, 0) is 0 Å². The largest absolute Gasteiger partial charge is 0.410 e. The Morgan fingerprint density at radius 3 is 3.15 bits per heavy atom. The number of thioether (sulfide) groups is 1. The lowest BCUT2D eigenvalue weighted by molar-refractivity contribution is -0.124. The van der Waals surface area contributed by atoms with Crippen molar-refractivity contribution in [3.8, 4) is 0 Å². The molecule has 0 aromatic carbocycles. The minimum absolute atomic E-state index is 0.169. The van der Waals surface area contributed by atoms with Crippen LogP contribution in [0.1, 0.15) is 0 Å².